The van der Waals surface area contributed by atoms with Gasteiger partial charge in [0.25, 0.3) is 0 Å². The van der Waals surface area contributed by atoms with Gasteiger partial charge in [-0.15, -0.1) is 0 Å². The van der Waals surface area contributed by atoms with Crippen LogP contribution in [0.4, 0.5) is 18.0 Å². The van der Waals surface area contributed by atoms with Crippen molar-refractivity contribution in [2.45, 2.75) is 24.6 Å². The third-order valence-electron chi connectivity index (χ3n) is 1.87. The lowest BCUT2D eigenvalue weighted by molar-refractivity contribution is -0.162. The number of halogens is 3. The van der Waals surface area contributed by atoms with E-state index in [1.54, 1.807) is 0 Å². The van der Waals surface area contributed by atoms with Crippen molar-refractivity contribution in [1.29, 1.82) is 0 Å². The first kappa shape index (κ1) is 9.15. The van der Waals surface area contributed by atoms with E-state index in [0.29, 0.717) is 0 Å². The minimum Gasteiger partial charge on any atom is -0.341 e. The van der Waals surface area contributed by atoms with Gasteiger partial charge in [0.05, 0.1) is 0 Å². The minimum absolute atomic E-state index is 0.0239. The maximum Gasteiger partial charge on any atom is 0.411 e. The Morgan fingerprint density at radius 3 is 2.17 bits per heavy atom. The van der Waals surface area contributed by atoms with Gasteiger partial charge in [-0.1, -0.05) is 0 Å². The molecule has 1 rings (SSSR count). The van der Waals surface area contributed by atoms with Gasteiger partial charge in [-0.3, -0.25) is 0 Å². The average Bonchev–Trinajstić information content (AvgIpc) is 2.67. The molecule has 6 heteroatoms. The van der Waals surface area contributed by atoms with Crippen LogP contribution >= 0.6 is 0 Å². The third kappa shape index (κ3) is 1.46. The molecule has 0 aliphatic heterocycles. The minimum atomic E-state index is -4.33. The summed E-state index contributed by atoms with van der Waals surface area (Å²) in [6.07, 6.45) is -4.38. The molecule has 0 saturated heterocycles. The van der Waals surface area contributed by atoms with E-state index in [1.165, 1.54) is 7.05 Å². The quantitative estimate of drug-likeness (QED) is 0.624. The monoisotopic (exact) mass is 182 g/mol. The van der Waals surface area contributed by atoms with Crippen molar-refractivity contribution in [3.05, 3.63) is 0 Å². The second-order valence-electron chi connectivity index (χ2n) is 2.78. The van der Waals surface area contributed by atoms with E-state index in [9.17, 15) is 18.0 Å². The zero-order valence-electron chi connectivity index (χ0n) is 6.46. The fourth-order valence-electron chi connectivity index (χ4n) is 0.884. The summed E-state index contributed by atoms with van der Waals surface area (Å²) >= 11 is 0. The van der Waals surface area contributed by atoms with Crippen molar-refractivity contribution in [1.82, 2.24) is 10.6 Å². The van der Waals surface area contributed by atoms with E-state index >= 15 is 0 Å². The highest BCUT2D eigenvalue weighted by molar-refractivity contribution is 5.75. The Bertz CT molecular complexity index is 197. The number of alkyl halides is 3. The van der Waals surface area contributed by atoms with Crippen molar-refractivity contribution in [3.8, 4) is 0 Å². The van der Waals surface area contributed by atoms with Crippen molar-refractivity contribution >= 4 is 6.03 Å². The molecule has 0 aromatic heterocycles. The molecule has 70 valence electrons. The van der Waals surface area contributed by atoms with Crippen LogP contribution in [0.3, 0.4) is 0 Å². The first-order valence-corrected chi connectivity index (χ1v) is 3.48. The number of rotatable bonds is 1. The molecule has 2 N–H and O–H groups in total. The largest absolute Gasteiger partial charge is 0.411 e. The second kappa shape index (κ2) is 2.53. The molecule has 0 heterocycles. The summed E-state index contributed by atoms with van der Waals surface area (Å²) in [5.41, 5.74) is -1.95. The summed E-state index contributed by atoms with van der Waals surface area (Å²) in [6, 6.07) is -0.787. The molecule has 0 radical (unpaired) electrons. The predicted molar refractivity (Wildman–Crippen MR) is 35.6 cm³/mol. The van der Waals surface area contributed by atoms with E-state index in [1.807, 2.05) is 5.32 Å². The fourth-order valence-corrected chi connectivity index (χ4v) is 0.884. The second-order valence-corrected chi connectivity index (χ2v) is 2.78. The summed E-state index contributed by atoms with van der Waals surface area (Å²) in [4.78, 5) is 10.6. The number of hydrogen-bond acceptors (Lipinski definition) is 1. The number of nitrogens with one attached hydrogen (secondary N) is 2. The first-order valence-electron chi connectivity index (χ1n) is 3.48. The number of carbonyl (C=O) groups is 1. The topological polar surface area (TPSA) is 41.1 Å². The van der Waals surface area contributed by atoms with Gasteiger partial charge in [-0.05, 0) is 12.8 Å². The highest BCUT2D eigenvalue weighted by Crippen LogP contribution is 2.48. The number of hydrogen-bond donors (Lipinski definition) is 2. The zero-order valence-corrected chi connectivity index (χ0v) is 6.46. The van der Waals surface area contributed by atoms with Crippen LogP contribution in [0.5, 0.6) is 0 Å². The molecule has 3 nitrogen and oxygen atoms in total. The molecular weight excluding hydrogens is 173 g/mol. The molecule has 0 atom stereocenters. The van der Waals surface area contributed by atoms with E-state index in [-0.39, 0.29) is 12.8 Å². The smallest absolute Gasteiger partial charge is 0.341 e. The molecule has 1 aliphatic rings. The lowest BCUT2D eigenvalue weighted by Gasteiger charge is -2.19. The molecule has 1 saturated carbocycles. The molecule has 0 aromatic rings. The highest BCUT2D eigenvalue weighted by Gasteiger charge is 2.64. The van der Waals surface area contributed by atoms with Crippen molar-refractivity contribution in [3.63, 3.8) is 0 Å². The fraction of sp³-hybridized carbons (Fsp3) is 0.833. The van der Waals surface area contributed by atoms with Gasteiger partial charge < -0.3 is 10.6 Å². The Labute approximate surface area is 67.3 Å². The van der Waals surface area contributed by atoms with Crippen LogP contribution < -0.4 is 10.6 Å². The molecular formula is C6H9F3N2O. The summed E-state index contributed by atoms with van der Waals surface area (Å²) in [7, 11) is 1.28. The molecule has 1 fully saturated rings. The van der Waals surface area contributed by atoms with Gasteiger partial charge in [-0.2, -0.15) is 13.2 Å². The van der Waals surface area contributed by atoms with Crippen LogP contribution in [0, 0.1) is 0 Å². The third-order valence-corrected chi connectivity index (χ3v) is 1.87. The Morgan fingerprint density at radius 2 is 1.92 bits per heavy atom. The van der Waals surface area contributed by atoms with Crippen LogP contribution in [0.25, 0.3) is 0 Å². The van der Waals surface area contributed by atoms with Crippen LogP contribution in [-0.4, -0.2) is 24.8 Å². The standard InChI is InChI=1S/C6H9F3N2O/c1-10-4(12)11-5(2-3-5)6(7,8)9/h2-3H2,1H3,(H2,10,11,12). The van der Waals surface area contributed by atoms with Gasteiger partial charge in [0.1, 0.15) is 5.54 Å². The van der Waals surface area contributed by atoms with Gasteiger partial charge in [0, 0.05) is 7.05 Å². The van der Waals surface area contributed by atoms with Crippen molar-refractivity contribution in [2.75, 3.05) is 7.05 Å². The van der Waals surface area contributed by atoms with Crippen molar-refractivity contribution in [2.24, 2.45) is 0 Å². The molecule has 0 bridgehead atoms. The van der Waals surface area contributed by atoms with Gasteiger partial charge in [-0.25, -0.2) is 4.79 Å². The van der Waals surface area contributed by atoms with Gasteiger partial charge >= 0.3 is 12.2 Å². The number of urea groups is 1. The summed E-state index contributed by atoms with van der Waals surface area (Å²) in [5, 5.41) is 3.97. The Hall–Kier alpha value is -0.940. The van der Waals surface area contributed by atoms with Crippen LogP contribution in [0.1, 0.15) is 12.8 Å². The van der Waals surface area contributed by atoms with Crippen LogP contribution in [-0.2, 0) is 0 Å². The number of carbonyl (C=O) groups excluding carboxylic acids is 1. The first-order chi connectivity index (χ1) is 5.41. The van der Waals surface area contributed by atoms with E-state index in [0.717, 1.165) is 0 Å². The lowest BCUT2D eigenvalue weighted by atomic mass is 10.3. The molecule has 0 aromatic carbocycles. The van der Waals surface area contributed by atoms with Crippen molar-refractivity contribution < 1.29 is 18.0 Å². The summed E-state index contributed by atoms with van der Waals surface area (Å²) in [6.45, 7) is 0. The molecule has 0 spiro atoms. The van der Waals surface area contributed by atoms with Gasteiger partial charge in [0.15, 0.2) is 0 Å². The summed E-state index contributed by atoms with van der Waals surface area (Å²) in [5.74, 6) is 0. The lowest BCUT2D eigenvalue weighted by Crippen LogP contribution is -2.50. The average molecular weight is 182 g/mol. The number of amides is 2. The summed E-state index contributed by atoms with van der Waals surface area (Å²) < 4.78 is 36.5. The van der Waals surface area contributed by atoms with Crippen LogP contribution in [0.15, 0.2) is 0 Å². The Kier molecular flexibility index (Phi) is 1.93. The molecule has 12 heavy (non-hydrogen) atoms. The molecule has 1 aliphatic carbocycles. The molecule has 0 unspecified atom stereocenters. The maximum absolute atomic E-state index is 12.2. The molecule has 2 amide bonds. The van der Waals surface area contributed by atoms with E-state index in [2.05, 4.69) is 5.32 Å². The van der Waals surface area contributed by atoms with E-state index in [4.69, 9.17) is 0 Å². The Morgan fingerprint density at radius 1 is 1.42 bits per heavy atom. The van der Waals surface area contributed by atoms with Crippen LogP contribution in [0.2, 0.25) is 0 Å². The van der Waals surface area contributed by atoms with Gasteiger partial charge in [0.2, 0.25) is 0 Å². The van der Waals surface area contributed by atoms with E-state index < -0.39 is 17.7 Å². The zero-order chi connectivity index (χ0) is 9.41. The highest BCUT2D eigenvalue weighted by atomic mass is 19.4. The Balaban J connectivity index is 2.56. The SMILES string of the molecule is CNC(=O)NC1(C(F)(F)F)CC1. The maximum atomic E-state index is 12.2. The normalized spacial score (nSPS) is 20.0. The predicted octanol–water partition coefficient (Wildman–Crippen LogP) is 1.01.